The quantitative estimate of drug-likeness (QED) is 0.520. The number of thioether (sulfide) groups is 1. The molecule has 0 saturated carbocycles. The molecule has 17 heavy (non-hydrogen) atoms. The van der Waals surface area contributed by atoms with Crippen LogP contribution in [0.3, 0.4) is 0 Å². The van der Waals surface area contributed by atoms with Crippen molar-refractivity contribution in [1.29, 1.82) is 0 Å². The van der Waals surface area contributed by atoms with Crippen molar-refractivity contribution in [3.8, 4) is 0 Å². The standard InChI is InChI=1S/C12H16ClNO2S/c1-12(2,11(15)16-3)7-17-10-6-8(13)4-5-9(10)14/h4-6H,7,14H2,1-3H3. The molecule has 5 heteroatoms. The molecule has 1 rings (SSSR count). The Morgan fingerprint density at radius 1 is 1.53 bits per heavy atom. The Labute approximate surface area is 111 Å². The van der Waals surface area contributed by atoms with Gasteiger partial charge < -0.3 is 10.5 Å². The number of methoxy groups -OCH3 is 1. The lowest BCUT2D eigenvalue weighted by Gasteiger charge is -2.21. The lowest BCUT2D eigenvalue weighted by Crippen LogP contribution is -2.28. The van der Waals surface area contributed by atoms with Gasteiger partial charge in [0.15, 0.2) is 0 Å². The maximum Gasteiger partial charge on any atom is 0.312 e. The first kappa shape index (κ1) is 14.2. The number of halogens is 1. The van der Waals surface area contributed by atoms with Crippen molar-refractivity contribution in [2.75, 3.05) is 18.6 Å². The third kappa shape index (κ3) is 3.82. The minimum Gasteiger partial charge on any atom is -0.469 e. The van der Waals surface area contributed by atoms with Gasteiger partial charge in [-0.25, -0.2) is 0 Å². The number of esters is 1. The molecule has 0 aliphatic carbocycles. The number of carbonyl (C=O) groups is 1. The van der Waals surface area contributed by atoms with Crippen molar-refractivity contribution in [3.05, 3.63) is 23.2 Å². The minimum absolute atomic E-state index is 0.231. The monoisotopic (exact) mass is 273 g/mol. The highest BCUT2D eigenvalue weighted by Gasteiger charge is 2.28. The van der Waals surface area contributed by atoms with Crippen molar-refractivity contribution >= 4 is 35.0 Å². The molecule has 0 spiro atoms. The number of hydrogen-bond donors (Lipinski definition) is 1. The van der Waals surface area contributed by atoms with Crippen LogP contribution in [-0.4, -0.2) is 18.8 Å². The van der Waals surface area contributed by atoms with Gasteiger partial charge in [-0.05, 0) is 32.0 Å². The average Bonchev–Trinajstić information content (AvgIpc) is 2.29. The molecule has 0 fully saturated rings. The van der Waals surface area contributed by atoms with Crippen LogP contribution in [0, 0.1) is 5.41 Å². The van der Waals surface area contributed by atoms with Crippen molar-refractivity contribution in [1.82, 2.24) is 0 Å². The number of ether oxygens (including phenoxy) is 1. The number of benzene rings is 1. The maximum atomic E-state index is 11.5. The van der Waals surface area contributed by atoms with Crippen LogP contribution in [0.1, 0.15) is 13.8 Å². The molecule has 0 bridgehead atoms. The zero-order valence-electron chi connectivity index (χ0n) is 10.1. The Kier molecular flexibility index (Phi) is 4.71. The van der Waals surface area contributed by atoms with E-state index in [9.17, 15) is 4.79 Å². The van der Waals surface area contributed by atoms with Crippen LogP contribution in [0.25, 0.3) is 0 Å². The van der Waals surface area contributed by atoms with Crippen LogP contribution < -0.4 is 5.73 Å². The number of hydrogen-bond acceptors (Lipinski definition) is 4. The molecule has 0 aromatic heterocycles. The first-order valence-electron chi connectivity index (χ1n) is 5.13. The van der Waals surface area contributed by atoms with E-state index in [2.05, 4.69) is 0 Å². The summed E-state index contributed by atoms with van der Waals surface area (Å²) in [5, 5.41) is 0.637. The number of anilines is 1. The fourth-order valence-electron chi connectivity index (χ4n) is 1.23. The zero-order valence-corrected chi connectivity index (χ0v) is 11.7. The summed E-state index contributed by atoms with van der Waals surface area (Å²) in [7, 11) is 1.39. The Hall–Kier alpha value is -0.870. The SMILES string of the molecule is COC(=O)C(C)(C)CSc1cc(Cl)ccc1N. The molecule has 0 atom stereocenters. The van der Waals surface area contributed by atoms with Crippen LogP contribution >= 0.6 is 23.4 Å². The maximum absolute atomic E-state index is 11.5. The van der Waals surface area contributed by atoms with E-state index in [1.54, 1.807) is 18.2 Å². The third-order valence-electron chi connectivity index (χ3n) is 2.30. The van der Waals surface area contributed by atoms with Gasteiger partial charge in [-0.1, -0.05) is 11.6 Å². The second kappa shape index (κ2) is 5.65. The summed E-state index contributed by atoms with van der Waals surface area (Å²) >= 11 is 7.40. The van der Waals surface area contributed by atoms with E-state index in [0.717, 1.165) is 4.90 Å². The lowest BCUT2D eigenvalue weighted by molar-refractivity contribution is -0.149. The normalized spacial score (nSPS) is 11.3. The van der Waals surface area contributed by atoms with Gasteiger partial charge >= 0.3 is 5.97 Å². The lowest BCUT2D eigenvalue weighted by atomic mass is 9.97. The van der Waals surface area contributed by atoms with Gasteiger partial charge in [-0.15, -0.1) is 11.8 Å². The molecule has 0 aliphatic heterocycles. The van der Waals surface area contributed by atoms with Gasteiger partial charge in [0, 0.05) is 21.4 Å². The molecule has 94 valence electrons. The third-order valence-corrected chi connectivity index (χ3v) is 4.07. The van der Waals surface area contributed by atoms with Crippen molar-refractivity contribution in [2.24, 2.45) is 5.41 Å². The van der Waals surface area contributed by atoms with Crippen molar-refractivity contribution in [2.45, 2.75) is 18.7 Å². The first-order chi connectivity index (χ1) is 7.86. The van der Waals surface area contributed by atoms with E-state index in [1.807, 2.05) is 13.8 Å². The van der Waals surface area contributed by atoms with Gasteiger partial charge in [-0.2, -0.15) is 0 Å². The largest absolute Gasteiger partial charge is 0.469 e. The highest BCUT2D eigenvalue weighted by atomic mass is 35.5. The van der Waals surface area contributed by atoms with Crippen LogP contribution in [0.2, 0.25) is 5.02 Å². The van der Waals surface area contributed by atoms with E-state index in [-0.39, 0.29) is 5.97 Å². The Bertz CT molecular complexity index is 421. The molecule has 0 unspecified atom stereocenters. The van der Waals surface area contributed by atoms with Gasteiger partial charge in [0.05, 0.1) is 12.5 Å². The molecular formula is C12H16ClNO2S. The van der Waals surface area contributed by atoms with Crippen LogP contribution in [-0.2, 0) is 9.53 Å². The number of rotatable bonds is 4. The second-order valence-corrected chi connectivity index (χ2v) is 5.80. The predicted octanol–water partition coefficient (Wildman–Crippen LogP) is 3.21. The number of nitrogens with two attached hydrogens (primary N) is 1. The van der Waals surface area contributed by atoms with Crippen molar-refractivity contribution in [3.63, 3.8) is 0 Å². The fourth-order valence-corrected chi connectivity index (χ4v) is 2.54. The molecule has 0 heterocycles. The Balaban J connectivity index is 2.73. The zero-order chi connectivity index (χ0) is 13.1. The van der Waals surface area contributed by atoms with Gasteiger partial charge in [-0.3, -0.25) is 4.79 Å². The molecular weight excluding hydrogens is 258 g/mol. The highest BCUT2D eigenvalue weighted by Crippen LogP contribution is 2.33. The summed E-state index contributed by atoms with van der Waals surface area (Å²) in [6.07, 6.45) is 0. The van der Waals surface area contributed by atoms with E-state index in [4.69, 9.17) is 22.1 Å². The number of nitrogen functional groups attached to an aromatic ring is 1. The summed E-state index contributed by atoms with van der Waals surface area (Å²) in [5.74, 6) is 0.357. The van der Waals surface area contributed by atoms with Crippen LogP contribution in [0.5, 0.6) is 0 Å². The minimum atomic E-state index is -0.547. The molecule has 2 N–H and O–H groups in total. The highest BCUT2D eigenvalue weighted by molar-refractivity contribution is 7.99. The first-order valence-corrected chi connectivity index (χ1v) is 6.49. The van der Waals surface area contributed by atoms with Gasteiger partial charge in [0.2, 0.25) is 0 Å². The van der Waals surface area contributed by atoms with Crippen molar-refractivity contribution < 1.29 is 9.53 Å². The summed E-state index contributed by atoms with van der Waals surface area (Å²) < 4.78 is 4.75. The fraction of sp³-hybridized carbons (Fsp3) is 0.417. The molecule has 0 amide bonds. The smallest absolute Gasteiger partial charge is 0.312 e. The Morgan fingerprint density at radius 3 is 2.76 bits per heavy atom. The summed E-state index contributed by atoms with van der Waals surface area (Å²) in [5.41, 5.74) is 5.95. The summed E-state index contributed by atoms with van der Waals surface area (Å²) in [6.45, 7) is 3.68. The predicted molar refractivity (Wildman–Crippen MR) is 72.4 cm³/mol. The van der Waals surface area contributed by atoms with E-state index in [0.29, 0.717) is 16.5 Å². The summed E-state index contributed by atoms with van der Waals surface area (Å²) in [4.78, 5) is 12.4. The van der Waals surface area contributed by atoms with Crippen LogP contribution in [0.15, 0.2) is 23.1 Å². The molecule has 1 aromatic carbocycles. The molecule has 0 aliphatic rings. The topological polar surface area (TPSA) is 52.3 Å². The molecule has 1 aromatic rings. The van der Waals surface area contributed by atoms with E-state index >= 15 is 0 Å². The van der Waals surface area contributed by atoms with E-state index < -0.39 is 5.41 Å². The average molecular weight is 274 g/mol. The van der Waals surface area contributed by atoms with Gasteiger partial charge in [0.1, 0.15) is 0 Å². The van der Waals surface area contributed by atoms with Gasteiger partial charge in [0.25, 0.3) is 0 Å². The molecule has 0 saturated heterocycles. The van der Waals surface area contributed by atoms with Crippen LogP contribution in [0.4, 0.5) is 5.69 Å². The van der Waals surface area contributed by atoms with E-state index in [1.165, 1.54) is 18.9 Å². The Morgan fingerprint density at radius 2 is 2.18 bits per heavy atom. The summed E-state index contributed by atoms with van der Waals surface area (Å²) in [6, 6.07) is 5.30. The molecule has 3 nitrogen and oxygen atoms in total. The molecule has 0 radical (unpaired) electrons. The number of carbonyl (C=O) groups excluding carboxylic acids is 1. The second-order valence-electron chi connectivity index (χ2n) is 4.35.